The van der Waals surface area contributed by atoms with E-state index in [4.69, 9.17) is 0 Å². The molecule has 1 fully saturated rings. The second-order valence-electron chi connectivity index (χ2n) is 4.39. The van der Waals surface area contributed by atoms with E-state index in [0.29, 0.717) is 0 Å². The van der Waals surface area contributed by atoms with Crippen LogP contribution in [0.1, 0.15) is 12.8 Å². The highest BCUT2D eigenvalue weighted by Crippen LogP contribution is 2.37. The maximum atomic E-state index is 10.5. The smallest absolute Gasteiger partial charge is 0.0563 e. The summed E-state index contributed by atoms with van der Waals surface area (Å²) in [5.74, 6) is 0. The number of hydrogen-bond donors (Lipinski definition) is 0. The van der Waals surface area contributed by atoms with Gasteiger partial charge in [-0.05, 0) is 53.5 Å². The fourth-order valence-corrected chi connectivity index (χ4v) is 2.76. The zero-order chi connectivity index (χ0) is 11.3. The summed E-state index contributed by atoms with van der Waals surface area (Å²) in [6.45, 7) is 7.63. The van der Waals surface area contributed by atoms with Gasteiger partial charge >= 0.3 is 0 Å². The zero-order valence-corrected chi connectivity index (χ0v) is 10.4. The number of nitrogens with zero attached hydrogens (tertiary/aromatic N) is 3. The van der Waals surface area contributed by atoms with Crippen LogP contribution < -0.4 is 0 Å². The summed E-state index contributed by atoms with van der Waals surface area (Å²) < 4.78 is 3.06. The van der Waals surface area contributed by atoms with Gasteiger partial charge in [0.2, 0.25) is 0 Å². The number of nitroso groups, excluding NO2 is 1. The Balaban J connectivity index is 2.57. The van der Waals surface area contributed by atoms with Crippen LogP contribution in [-0.2, 0) is 0 Å². The molecule has 0 N–H and O–H groups in total. The lowest BCUT2D eigenvalue weighted by molar-refractivity contribution is 0.203. The lowest BCUT2D eigenvalue weighted by atomic mass is 9.95. The molecule has 1 aliphatic rings. The Morgan fingerprint density at radius 1 is 1.53 bits per heavy atom. The van der Waals surface area contributed by atoms with Crippen LogP contribution >= 0.6 is 11.9 Å². The molecule has 0 unspecified atom stereocenters. The molecule has 0 aromatic rings. The van der Waals surface area contributed by atoms with Gasteiger partial charge in [0.15, 0.2) is 0 Å². The van der Waals surface area contributed by atoms with Crippen molar-refractivity contribution >= 4 is 11.9 Å². The van der Waals surface area contributed by atoms with E-state index in [1.807, 2.05) is 7.05 Å². The molecule has 1 heterocycles. The van der Waals surface area contributed by atoms with Crippen LogP contribution in [0.15, 0.2) is 4.58 Å². The standard InChI is InChI=1S/C10H20N3OS/c1-4-12(2)9-10(15-11-14)5-7-13(3)8-6-10/h1,4-9H2,2-3H3. The van der Waals surface area contributed by atoms with Gasteiger partial charge in [-0.1, -0.05) is 0 Å². The second-order valence-corrected chi connectivity index (χ2v) is 5.59. The minimum Gasteiger partial charge on any atom is -0.306 e. The number of hydrogen-bond acceptors (Lipinski definition) is 5. The third kappa shape index (κ3) is 3.74. The van der Waals surface area contributed by atoms with Crippen LogP contribution in [0.5, 0.6) is 0 Å². The van der Waals surface area contributed by atoms with Crippen molar-refractivity contribution in [2.45, 2.75) is 17.6 Å². The van der Waals surface area contributed by atoms with Gasteiger partial charge in [-0.3, -0.25) is 0 Å². The predicted molar refractivity (Wildman–Crippen MR) is 65.7 cm³/mol. The van der Waals surface area contributed by atoms with Crippen LogP contribution in [0.4, 0.5) is 0 Å². The van der Waals surface area contributed by atoms with E-state index < -0.39 is 0 Å². The summed E-state index contributed by atoms with van der Waals surface area (Å²) in [6, 6.07) is 0. The van der Waals surface area contributed by atoms with Gasteiger partial charge in [0.05, 0.1) is 4.75 Å². The van der Waals surface area contributed by atoms with E-state index in [1.54, 1.807) is 0 Å². The molecule has 0 saturated carbocycles. The molecule has 1 rings (SSSR count). The third-order valence-corrected chi connectivity index (χ3v) is 4.07. The van der Waals surface area contributed by atoms with Crippen molar-refractivity contribution in [1.82, 2.24) is 9.80 Å². The van der Waals surface area contributed by atoms with Crippen LogP contribution in [-0.4, -0.2) is 54.8 Å². The molecule has 0 aromatic carbocycles. The number of piperidine rings is 1. The third-order valence-electron chi connectivity index (χ3n) is 3.07. The fraction of sp³-hybridized carbons (Fsp3) is 0.900. The first kappa shape index (κ1) is 12.9. The molecule has 1 radical (unpaired) electrons. The Bertz CT molecular complexity index is 205. The fourth-order valence-electron chi connectivity index (χ4n) is 1.95. The molecule has 0 spiro atoms. The molecule has 5 heteroatoms. The van der Waals surface area contributed by atoms with Crippen LogP contribution in [0, 0.1) is 11.8 Å². The van der Waals surface area contributed by atoms with E-state index in [1.165, 1.54) is 11.9 Å². The molecule has 0 aliphatic carbocycles. The Labute approximate surface area is 96.5 Å². The molecule has 4 nitrogen and oxygen atoms in total. The topological polar surface area (TPSA) is 35.9 Å². The molecule has 0 bridgehead atoms. The Kier molecular flexibility index (Phi) is 5.02. The predicted octanol–water partition coefficient (Wildman–Crippen LogP) is 1.63. The van der Waals surface area contributed by atoms with E-state index in [0.717, 1.165) is 39.0 Å². The van der Waals surface area contributed by atoms with Gasteiger partial charge < -0.3 is 9.80 Å². The van der Waals surface area contributed by atoms with Crippen molar-refractivity contribution in [2.75, 3.05) is 40.3 Å². The maximum Gasteiger partial charge on any atom is 0.0563 e. The van der Waals surface area contributed by atoms with Gasteiger partial charge in [-0.2, -0.15) is 0 Å². The van der Waals surface area contributed by atoms with Gasteiger partial charge in [0, 0.05) is 23.1 Å². The minimum absolute atomic E-state index is 0.0146. The van der Waals surface area contributed by atoms with Crippen LogP contribution in [0.25, 0.3) is 0 Å². The Hall–Kier alpha value is -0.130. The van der Waals surface area contributed by atoms with Gasteiger partial charge in [0.1, 0.15) is 0 Å². The highest BCUT2D eigenvalue weighted by Gasteiger charge is 2.36. The molecule has 0 amide bonds. The van der Waals surface area contributed by atoms with Gasteiger partial charge in [0.25, 0.3) is 0 Å². The van der Waals surface area contributed by atoms with E-state index in [-0.39, 0.29) is 4.75 Å². The minimum atomic E-state index is 0.0146. The quantitative estimate of drug-likeness (QED) is 0.531. The van der Waals surface area contributed by atoms with Crippen molar-refractivity contribution in [1.29, 1.82) is 0 Å². The van der Waals surface area contributed by atoms with Crippen LogP contribution in [0.3, 0.4) is 0 Å². The SMILES string of the molecule is [CH2]CN(C)CC1(SN=O)CCN(C)CC1. The summed E-state index contributed by atoms with van der Waals surface area (Å²) in [4.78, 5) is 15.0. The summed E-state index contributed by atoms with van der Waals surface area (Å²) in [7, 11) is 4.16. The average Bonchev–Trinajstić information content (AvgIpc) is 2.23. The van der Waals surface area contributed by atoms with Gasteiger partial charge in [-0.25, -0.2) is 0 Å². The van der Waals surface area contributed by atoms with Crippen molar-refractivity contribution in [3.63, 3.8) is 0 Å². The van der Waals surface area contributed by atoms with E-state index >= 15 is 0 Å². The summed E-state index contributed by atoms with van der Waals surface area (Å²) in [5, 5.41) is 0. The molecule has 0 aromatic heterocycles. The molecule has 15 heavy (non-hydrogen) atoms. The number of likely N-dealkylation sites (tertiary alicyclic amines) is 1. The van der Waals surface area contributed by atoms with Gasteiger partial charge in [-0.15, -0.1) is 4.91 Å². The summed E-state index contributed by atoms with van der Waals surface area (Å²) in [6.07, 6.45) is 2.06. The molecular formula is C10H20N3OS. The van der Waals surface area contributed by atoms with Crippen molar-refractivity contribution in [3.05, 3.63) is 11.8 Å². The Morgan fingerprint density at radius 2 is 2.13 bits per heavy atom. The molecule has 0 atom stereocenters. The summed E-state index contributed by atoms with van der Waals surface area (Å²) >= 11 is 1.22. The van der Waals surface area contributed by atoms with E-state index in [9.17, 15) is 4.91 Å². The lowest BCUT2D eigenvalue weighted by Crippen LogP contribution is -2.46. The van der Waals surface area contributed by atoms with Crippen molar-refractivity contribution in [2.24, 2.45) is 4.58 Å². The average molecular weight is 230 g/mol. The highest BCUT2D eigenvalue weighted by atomic mass is 32.2. The molecule has 1 aliphatic heterocycles. The first-order valence-corrected chi connectivity index (χ1v) is 6.06. The maximum absolute atomic E-state index is 10.5. The Morgan fingerprint density at radius 3 is 2.60 bits per heavy atom. The normalized spacial score (nSPS) is 21.9. The lowest BCUT2D eigenvalue weighted by Gasteiger charge is -2.39. The molecule has 1 saturated heterocycles. The highest BCUT2D eigenvalue weighted by molar-refractivity contribution is 7.99. The monoisotopic (exact) mass is 230 g/mol. The first-order valence-electron chi connectivity index (χ1n) is 5.29. The first-order chi connectivity index (χ1) is 7.12. The molecular weight excluding hydrogens is 210 g/mol. The van der Waals surface area contributed by atoms with Crippen molar-refractivity contribution < 1.29 is 0 Å². The largest absolute Gasteiger partial charge is 0.306 e. The zero-order valence-electron chi connectivity index (χ0n) is 9.61. The summed E-state index contributed by atoms with van der Waals surface area (Å²) in [5.41, 5.74) is 0. The van der Waals surface area contributed by atoms with Crippen LogP contribution in [0.2, 0.25) is 0 Å². The second kappa shape index (κ2) is 5.82. The van der Waals surface area contributed by atoms with Crippen molar-refractivity contribution in [3.8, 4) is 0 Å². The molecule has 87 valence electrons. The van der Waals surface area contributed by atoms with E-state index in [2.05, 4.69) is 28.4 Å². The number of rotatable bonds is 5.